The highest BCUT2D eigenvalue weighted by atomic mass is 16.5. The maximum atomic E-state index is 12.3. The van der Waals surface area contributed by atoms with Gasteiger partial charge in [-0.3, -0.25) is 4.79 Å². The molecule has 0 unspecified atom stereocenters. The van der Waals surface area contributed by atoms with Crippen LogP contribution in [0.2, 0.25) is 0 Å². The summed E-state index contributed by atoms with van der Waals surface area (Å²) in [5, 5.41) is 3.67. The van der Waals surface area contributed by atoms with Crippen molar-refractivity contribution in [2.75, 3.05) is 5.32 Å². The third kappa shape index (κ3) is 4.47. The van der Waals surface area contributed by atoms with Gasteiger partial charge in [-0.25, -0.2) is 9.97 Å². The van der Waals surface area contributed by atoms with Gasteiger partial charge in [-0.2, -0.15) is 0 Å². The molecule has 0 fully saturated rings. The van der Waals surface area contributed by atoms with Crippen molar-refractivity contribution >= 4 is 28.6 Å². The Hall–Kier alpha value is -3.99. The number of fused-ring (bicyclic) bond motifs is 1. The lowest BCUT2D eigenvalue weighted by Gasteiger charge is -2.09. The zero-order valence-corrected chi connectivity index (χ0v) is 15.9. The van der Waals surface area contributed by atoms with Crippen molar-refractivity contribution in [3.8, 4) is 11.6 Å². The number of anilines is 1. The van der Waals surface area contributed by atoms with E-state index in [0.717, 1.165) is 27.7 Å². The predicted molar refractivity (Wildman–Crippen MR) is 115 cm³/mol. The molecule has 0 aliphatic rings. The lowest BCUT2D eigenvalue weighted by Crippen LogP contribution is -2.07. The molecule has 29 heavy (non-hydrogen) atoms. The Bertz CT molecular complexity index is 1180. The first-order valence-electron chi connectivity index (χ1n) is 9.21. The zero-order chi connectivity index (χ0) is 20.1. The number of hydrogen-bond acceptors (Lipinski definition) is 4. The van der Waals surface area contributed by atoms with Gasteiger partial charge in [0.15, 0.2) is 0 Å². The number of ether oxygens (including phenoxy) is 1. The van der Waals surface area contributed by atoms with Crippen LogP contribution in [-0.4, -0.2) is 15.9 Å². The first-order valence-corrected chi connectivity index (χ1v) is 9.21. The summed E-state index contributed by atoms with van der Waals surface area (Å²) in [4.78, 5) is 20.8. The lowest BCUT2D eigenvalue weighted by atomic mass is 10.2. The fourth-order valence-corrected chi connectivity index (χ4v) is 2.86. The molecule has 0 spiro atoms. The standard InChI is InChI=1S/C24H19N3O2/c1-17-10-13-19(14-11-17)27-23(28)15-12-18-6-2-5-9-22(18)29-24-20-7-3-4-8-21(20)25-16-26-24/h2-16H,1H3,(H,27,28)/b15-12+. The molecule has 4 rings (SSSR count). The van der Waals surface area contributed by atoms with Crippen LogP contribution in [0.4, 0.5) is 5.69 Å². The molecule has 4 aromatic rings. The van der Waals surface area contributed by atoms with Crippen molar-refractivity contribution in [3.63, 3.8) is 0 Å². The smallest absolute Gasteiger partial charge is 0.248 e. The van der Waals surface area contributed by atoms with E-state index < -0.39 is 0 Å². The fourth-order valence-electron chi connectivity index (χ4n) is 2.86. The van der Waals surface area contributed by atoms with Crippen LogP contribution in [0.25, 0.3) is 17.0 Å². The number of para-hydroxylation sites is 2. The maximum absolute atomic E-state index is 12.3. The topological polar surface area (TPSA) is 64.1 Å². The summed E-state index contributed by atoms with van der Waals surface area (Å²) in [7, 11) is 0. The first kappa shape index (κ1) is 18.4. The summed E-state index contributed by atoms with van der Waals surface area (Å²) >= 11 is 0. The zero-order valence-electron chi connectivity index (χ0n) is 15.9. The minimum atomic E-state index is -0.212. The van der Waals surface area contributed by atoms with Crippen LogP contribution in [0.5, 0.6) is 11.6 Å². The second-order valence-corrected chi connectivity index (χ2v) is 6.52. The van der Waals surface area contributed by atoms with E-state index in [1.54, 1.807) is 6.08 Å². The quantitative estimate of drug-likeness (QED) is 0.471. The second-order valence-electron chi connectivity index (χ2n) is 6.52. The van der Waals surface area contributed by atoms with Gasteiger partial charge in [0, 0.05) is 17.3 Å². The van der Waals surface area contributed by atoms with Crippen LogP contribution in [-0.2, 0) is 4.79 Å². The Morgan fingerprint density at radius 2 is 1.69 bits per heavy atom. The Kier molecular flexibility index (Phi) is 5.29. The van der Waals surface area contributed by atoms with E-state index in [1.165, 1.54) is 12.4 Å². The summed E-state index contributed by atoms with van der Waals surface area (Å²) in [5.41, 5.74) is 3.47. The Morgan fingerprint density at radius 1 is 0.931 bits per heavy atom. The minimum absolute atomic E-state index is 0.212. The molecule has 1 amide bonds. The van der Waals surface area contributed by atoms with Gasteiger partial charge in [0.1, 0.15) is 12.1 Å². The van der Waals surface area contributed by atoms with Crippen molar-refractivity contribution in [2.24, 2.45) is 0 Å². The molecule has 1 N–H and O–H groups in total. The van der Waals surface area contributed by atoms with E-state index in [4.69, 9.17) is 4.74 Å². The van der Waals surface area contributed by atoms with E-state index in [1.807, 2.05) is 79.7 Å². The number of aryl methyl sites for hydroxylation is 1. The molecule has 0 bridgehead atoms. The van der Waals surface area contributed by atoms with Gasteiger partial charge in [-0.1, -0.05) is 48.0 Å². The van der Waals surface area contributed by atoms with E-state index in [-0.39, 0.29) is 5.91 Å². The third-order valence-electron chi connectivity index (χ3n) is 4.37. The summed E-state index contributed by atoms with van der Waals surface area (Å²) in [6.07, 6.45) is 4.69. The molecule has 0 radical (unpaired) electrons. The number of amides is 1. The highest BCUT2D eigenvalue weighted by Crippen LogP contribution is 2.29. The number of hydrogen-bond donors (Lipinski definition) is 1. The minimum Gasteiger partial charge on any atom is -0.438 e. The summed E-state index contributed by atoms with van der Waals surface area (Å²) in [5.74, 6) is 0.868. The number of carbonyl (C=O) groups excluding carboxylic acids is 1. The molecular formula is C24H19N3O2. The molecule has 0 aliphatic heterocycles. The van der Waals surface area contributed by atoms with Crippen LogP contribution in [0.3, 0.4) is 0 Å². The van der Waals surface area contributed by atoms with Gasteiger partial charge in [-0.05, 0) is 43.3 Å². The number of nitrogens with one attached hydrogen (secondary N) is 1. The largest absolute Gasteiger partial charge is 0.438 e. The van der Waals surface area contributed by atoms with Gasteiger partial charge in [0.2, 0.25) is 11.8 Å². The van der Waals surface area contributed by atoms with Crippen LogP contribution >= 0.6 is 0 Å². The van der Waals surface area contributed by atoms with Crippen molar-refractivity contribution < 1.29 is 9.53 Å². The number of aromatic nitrogens is 2. The SMILES string of the molecule is Cc1ccc(NC(=O)/C=C/c2ccccc2Oc2ncnc3ccccc23)cc1. The number of rotatable bonds is 5. The van der Waals surface area contributed by atoms with E-state index >= 15 is 0 Å². The molecule has 0 saturated carbocycles. The van der Waals surface area contributed by atoms with Crippen molar-refractivity contribution in [1.29, 1.82) is 0 Å². The number of benzene rings is 3. The molecule has 5 nitrogen and oxygen atoms in total. The molecule has 1 heterocycles. The molecule has 5 heteroatoms. The highest BCUT2D eigenvalue weighted by molar-refractivity contribution is 6.02. The number of carbonyl (C=O) groups is 1. The fraction of sp³-hybridized carbons (Fsp3) is 0.0417. The van der Waals surface area contributed by atoms with Crippen LogP contribution in [0.15, 0.2) is 85.2 Å². The van der Waals surface area contributed by atoms with Crippen molar-refractivity contribution in [2.45, 2.75) is 6.92 Å². The Morgan fingerprint density at radius 3 is 2.55 bits per heavy atom. The average molecular weight is 381 g/mol. The molecule has 0 atom stereocenters. The summed E-state index contributed by atoms with van der Waals surface area (Å²) in [6, 6.07) is 22.8. The molecule has 0 aliphatic carbocycles. The normalized spacial score (nSPS) is 10.9. The molecule has 142 valence electrons. The van der Waals surface area contributed by atoms with Crippen molar-refractivity contribution in [3.05, 3.63) is 96.3 Å². The lowest BCUT2D eigenvalue weighted by molar-refractivity contribution is -0.111. The van der Waals surface area contributed by atoms with Crippen LogP contribution < -0.4 is 10.1 Å². The molecule has 3 aromatic carbocycles. The average Bonchev–Trinajstić information content (AvgIpc) is 2.75. The molecule has 1 aromatic heterocycles. The Balaban J connectivity index is 1.54. The third-order valence-corrected chi connectivity index (χ3v) is 4.37. The van der Waals surface area contributed by atoms with Gasteiger partial charge in [0.25, 0.3) is 0 Å². The number of nitrogens with zero attached hydrogens (tertiary/aromatic N) is 2. The van der Waals surface area contributed by atoms with Gasteiger partial charge in [-0.15, -0.1) is 0 Å². The predicted octanol–water partition coefficient (Wildman–Crippen LogP) is 5.38. The second kappa shape index (κ2) is 8.35. The van der Waals surface area contributed by atoms with Crippen LogP contribution in [0, 0.1) is 6.92 Å². The summed E-state index contributed by atoms with van der Waals surface area (Å²) < 4.78 is 6.05. The van der Waals surface area contributed by atoms with Gasteiger partial charge >= 0.3 is 0 Å². The van der Waals surface area contributed by atoms with E-state index in [9.17, 15) is 4.79 Å². The maximum Gasteiger partial charge on any atom is 0.248 e. The summed E-state index contributed by atoms with van der Waals surface area (Å²) in [6.45, 7) is 2.00. The van der Waals surface area contributed by atoms with E-state index in [0.29, 0.717) is 11.6 Å². The first-order chi connectivity index (χ1) is 14.2. The van der Waals surface area contributed by atoms with Crippen LogP contribution in [0.1, 0.15) is 11.1 Å². The monoisotopic (exact) mass is 381 g/mol. The molecule has 0 saturated heterocycles. The van der Waals surface area contributed by atoms with Crippen molar-refractivity contribution in [1.82, 2.24) is 9.97 Å². The molecular weight excluding hydrogens is 362 g/mol. The highest BCUT2D eigenvalue weighted by Gasteiger charge is 2.08. The van der Waals surface area contributed by atoms with Gasteiger partial charge < -0.3 is 10.1 Å². The Labute approximate surface area is 168 Å². The van der Waals surface area contributed by atoms with Gasteiger partial charge in [0.05, 0.1) is 10.9 Å². The van der Waals surface area contributed by atoms with E-state index in [2.05, 4.69) is 15.3 Å².